The zero-order valence-electron chi connectivity index (χ0n) is 17.3. The zero-order valence-corrected chi connectivity index (χ0v) is 17.3. The SMILES string of the molecule is COc1ccc2c3c(n(C)c2c1)[C@H](CO)N(C)CC31CN(C(=O)NC(C)C)C1. The number of rotatable bonds is 3. The minimum absolute atomic E-state index is 0.00369. The van der Waals surface area contributed by atoms with Crippen LogP contribution in [0.3, 0.4) is 0 Å². The maximum Gasteiger partial charge on any atom is 0.317 e. The highest BCUT2D eigenvalue weighted by Crippen LogP contribution is 2.49. The molecule has 2 amide bonds. The summed E-state index contributed by atoms with van der Waals surface area (Å²) in [5.74, 6) is 0.819. The molecular weight excluding hydrogens is 356 g/mol. The lowest BCUT2D eigenvalue weighted by Crippen LogP contribution is -2.68. The first-order valence-corrected chi connectivity index (χ1v) is 9.84. The number of fused-ring (bicyclic) bond motifs is 4. The number of nitrogens with zero attached hydrogens (tertiary/aromatic N) is 3. The van der Waals surface area contributed by atoms with Crippen LogP contribution in [-0.2, 0) is 12.5 Å². The molecule has 2 aromatic rings. The molecular formula is C21H30N4O3. The molecule has 0 radical (unpaired) electrons. The second-order valence-corrected chi connectivity index (χ2v) is 8.56. The number of carbonyl (C=O) groups is 1. The molecule has 1 spiro atoms. The Morgan fingerprint density at radius 3 is 2.64 bits per heavy atom. The van der Waals surface area contributed by atoms with Gasteiger partial charge in [-0.1, -0.05) is 0 Å². The van der Waals surface area contributed by atoms with Crippen molar-refractivity contribution in [1.29, 1.82) is 0 Å². The molecule has 1 saturated heterocycles. The predicted octanol–water partition coefficient (Wildman–Crippen LogP) is 1.84. The topological polar surface area (TPSA) is 70.0 Å². The third-order valence-corrected chi connectivity index (χ3v) is 6.24. The number of likely N-dealkylation sites (tertiary alicyclic amines) is 1. The van der Waals surface area contributed by atoms with Crippen molar-refractivity contribution in [1.82, 2.24) is 19.7 Å². The van der Waals surface area contributed by atoms with E-state index in [1.807, 2.05) is 24.8 Å². The van der Waals surface area contributed by atoms with Crippen molar-refractivity contribution in [3.05, 3.63) is 29.5 Å². The number of amides is 2. The van der Waals surface area contributed by atoms with Crippen molar-refractivity contribution < 1.29 is 14.6 Å². The molecule has 3 heterocycles. The Bertz CT molecular complexity index is 914. The van der Waals surface area contributed by atoms with Crippen LogP contribution in [0, 0.1) is 0 Å². The maximum atomic E-state index is 12.5. The molecule has 28 heavy (non-hydrogen) atoms. The van der Waals surface area contributed by atoms with Crippen molar-refractivity contribution >= 4 is 16.9 Å². The van der Waals surface area contributed by atoms with Crippen molar-refractivity contribution in [2.75, 3.05) is 40.4 Å². The Labute approximate surface area is 165 Å². The van der Waals surface area contributed by atoms with Crippen molar-refractivity contribution in [2.24, 2.45) is 7.05 Å². The number of methoxy groups -OCH3 is 1. The van der Waals surface area contributed by atoms with Crippen LogP contribution < -0.4 is 10.1 Å². The fourth-order valence-corrected chi connectivity index (χ4v) is 5.04. The molecule has 0 aliphatic carbocycles. The van der Waals surface area contributed by atoms with E-state index in [1.54, 1.807) is 7.11 Å². The average molecular weight is 386 g/mol. The lowest BCUT2D eigenvalue weighted by molar-refractivity contribution is 0.0247. The van der Waals surface area contributed by atoms with E-state index in [1.165, 1.54) is 10.9 Å². The number of benzene rings is 1. The Morgan fingerprint density at radius 2 is 2.04 bits per heavy atom. The highest BCUT2D eigenvalue weighted by Gasteiger charge is 2.53. The predicted molar refractivity (Wildman–Crippen MR) is 109 cm³/mol. The summed E-state index contributed by atoms with van der Waals surface area (Å²) in [7, 11) is 5.78. The number of ether oxygens (including phenoxy) is 1. The van der Waals surface area contributed by atoms with Crippen LogP contribution in [0.4, 0.5) is 4.79 Å². The molecule has 4 rings (SSSR count). The van der Waals surface area contributed by atoms with Crippen LogP contribution in [-0.4, -0.2) is 71.9 Å². The van der Waals surface area contributed by atoms with Gasteiger partial charge in [0, 0.05) is 55.3 Å². The molecule has 7 nitrogen and oxygen atoms in total. The first-order chi connectivity index (χ1) is 13.3. The van der Waals surface area contributed by atoms with Gasteiger partial charge >= 0.3 is 6.03 Å². The molecule has 2 N–H and O–H groups in total. The molecule has 2 aliphatic rings. The summed E-state index contributed by atoms with van der Waals surface area (Å²) < 4.78 is 7.61. The van der Waals surface area contributed by atoms with Gasteiger partial charge in [-0.3, -0.25) is 4.90 Å². The molecule has 1 atom stereocenters. The fourth-order valence-electron chi connectivity index (χ4n) is 5.04. The van der Waals surface area contributed by atoms with Crippen LogP contribution in [0.5, 0.6) is 5.75 Å². The van der Waals surface area contributed by atoms with Crippen LogP contribution in [0.2, 0.25) is 0 Å². The average Bonchev–Trinajstić information content (AvgIpc) is 2.91. The minimum atomic E-state index is -0.113. The van der Waals surface area contributed by atoms with Crippen LogP contribution in [0.15, 0.2) is 18.2 Å². The monoisotopic (exact) mass is 386 g/mol. The maximum absolute atomic E-state index is 12.5. The lowest BCUT2D eigenvalue weighted by atomic mass is 9.69. The second-order valence-electron chi connectivity index (χ2n) is 8.56. The van der Waals surface area contributed by atoms with Crippen molar-refractivity contribution in [3.8, 4) is 5.75 Å². The number of aryl methyl sites for hydroxylation is 1. The molecule has 152 valence electrons. The summed E-state index contributed by atoms with van der Waals surface area (Å²) in [5.41, 5.74) is 3.41. The molecule has 0 unspecified atom stereocenters. The first-order valence-electron chi connectivity index (χ1n) is 9.84. The molecule has 1 aromatic heterocycles. The smallest absolute Gasteiger partial charge is 0.317 e. The molecule has 2 aliphatic heterocycles. The number of aliphatic hydroxyl groups is 1. The van der Waals surface area contributed by atoms with Gasteiger partial charge in [-0.15, -0.1) is 0 Å². The van der Waals surface area contributed by atoms with E-state index < -0.39 is 0 Å². The summed E-state index contributed by atoms with van der Waals surface area (Å²) in [4.78, 5) is 16.6. The number of urea groups is 1. The van der Waals surface area contributed by atoms with Gasteiger partial charge in [-0.05, 0) is 38.6 Å². The van der Waals surface area contributed by atoms with E-state index in [0.29, 0.717) is 13.1 Å². The highest BCUT2D eigenvalue weighted by atomic mass is 16.5. The molecule has 1 fully saturated rings. The molecule has 7 heteroatoms. The van der Waals surface area contributed by atoms with Crippen molar-refractivity contribution in [2.45, 2.75) is 31.3 Å². The van der Waals surface area contributed by atoms with Gasteiger partial charge in [-0.2, -0.15) is 0 Å². The van der Waals surface area contributed by atoms with Crippen LogP contribution in [0.1, 0.15) is 31.1 Å². The van der Waals surface area contributed by atoms with E-state index >= 15 is 0 Å². The zero-order chi connectivity index (χ0) is 20.2. The van der Waals surface area contributed by atoms with E-state index in [0.717, 1.165) is 23.5 Å². The summed E-state index contributed by atoms with van der Waals surface area (Å²) in [5, 5.41) is 14.3. The summed E-state index contributed by atoms with van der Waals surface area (Å²) >= 11 is 0. The summed E-state index contributed by atoms with van der Waals surface area (Å²) in [6, 6.07) is 6.23. The van der Waals surface area contributed by atoms with Gasteiger partial charge in [0.25, 0.3) is 0 Å². The van der Waals surface area contributed by atoms with Gasteiger partial charge in [0.1, 0.15) is 5.75 Å². The minimum Gasteiger partial charge on any atom is -0.497 e. The number of nitrogens with one attached hydrogen (secondary N) is 1. The van der Waals surface area contributed by atoms with Gasteiger partial charge in [0.15, 0.2) is 0 Å². The number of aromatic nitrogens is 1. The highest BCUT2D eigenvalue weighted by molar-refractivity contribution is 5.89. The number of likely N-dealkylation sites (N-methyl/N-ethyl adjacent to an activating group) is 1. The van der Waals surface area contributed by atoms with Gasteiger partial charge in [0.05, 0.1) is 25.3 Å². The Kier molecular flexibility index (Phi) is 4.55. The molecule has 0 saturated carbocycles. The normalized spacial score (nSPS) is 21.1. The standard InChI is InChI=1S/C21H30N4O3/c1-13(2)22-20(27)25-11-21(12-25)10-23(3)17(9-26)19-18(21)15-7-6-14(28-5)8-16(15)24(19)4/h6-8,13,17,26H,9-12H2,1-5H3,(H,22,27)/t17-/m0/s1. The third kappa shape index (κ3) is 2.68. The lowest BCUT2D eigenvalue weighted by Gasteiger charge is -2.55. The summed E-state index contributed by atoms with van der Waals surface area (Å²) in [6.07, 6.45) is 0. The largest absolute Gasteiger partial charge is 0.497 e. The third-order valence-electron chi connectivity index (χ3n) is 6.24. The number of hydrogen-bond acceptors (Lipinski definition) is 4. The van der Waals surface area contributed by atoms with Crippen molar-refractivity contribution in [3.63, 3.8) is 0 Å². The Morgan fingerprint density at radius 1 is 1.32 bits per heavy atom. The number of carbonyl (C=O) groups excluding carboxylic acids is 1. The molecule has 0 bridgehead atoms. The quantitative estimate of drug-likeness (QED) is 0.845. The number of aliphatic hydroxyl groups excluding tert-OH is 1. The Hall–Kier alpha value is -2.25. The van der Waals surface area contributed by atoms with E-state index in [2.05, 4.69) is 41.0 Å². The Balaban J connectivity index is 1.81. The van der Waals surface area contributed by atoms with Gasteiger partial charge in [0.2, 0.25) is 0 Å². The summed E-state index contributed by atoms with van der Waals surface area (Å²) in [6.45, 7) is 6.21. The van der Waals surface area contributed by atoms with Crippen LogP contribution >= 0.6 is 0 Å². The van der Waals surface area contributed by atoms with E-state index in [4.69, 9.17) is 4.74 Å². The van der Waals surface area contributed by atoms with Crippen LogP contribution in [0.25, 0.3) is 10.9 Å². The van der Waals surface area contributed by atoms with E-state index in [-0.39, 0.29) is 30.1 Å². The second kappa shape index (κ2) is 6.67. The van der Waals surface area contributed by atoms with E-state index in [9.17, 15) is 9.90 Å². The first kappa shape index (κ1) is 19.1. The molecule has 1 aromatic carbocycles. The van der Waals surface area contributed by atoms with Gasteiger partial charge in [-0.25, -0.2) is 4.79 Å². The van der Waals surface area contributed by atoms with Gasteiger partial charge < -0.3 is 24.6 Å². The number of hydrogen-bond donors (Lipinski definition) is 2. The fraction of sp³-hybridized carbons (Fsp3) is 0.571.